The van der Waals surface area contributed by atoms with Crippen LogP contribution in [0.2, 0.25) is 0 Å². The van der Waals surface area contributed by atoms with E-state index in [2.05, 4.69) is 51.1 Å². The molecule has 0 aliphatic carbocycles. The van der Waals surface area contributed by atoms with E-state index in [-0.39, 0.29) is 0 Å². The number of nitrogens with one attached hydrogen (secondary N) is 1. The first-order chi connectivity index (χ1) is 8.01. The highest BCUT2D eigenvalue weighted by Gasteiger charge is 2.27. The zero-order valence-electron chi connectivity index (χ0n) is 11.8. The van der Waals surface area contributed by atoms with Crippen LogP contribution in [0.5, 0.6) is 0 Å². The quantitative estimate of drug-likeness (QED) is 0.800. The Kier molecular flexibility index (Phi) is 5.60. The van der Waals surface area contributed by atoms with Crippen LogP contribution in [0.25, 0.3) is 0 Å². The molecule has 0 aromatic carbocycles. The van der Waals surface area contributed by atoms with Crippen molar-refractivity contribution in [1.82, 2.24) is 10.3 Å². The predicted octanol–water partition coefficient (Wildman–Crippen LogP) is 3.80. The van der Waals surface area contributed by atoms with Crippen molar-refractivity contribution in [2.24, 2.45) is 5.41 Å². The molecule has 98 valence electrons. The topological polar surface area (TPSA) is 24.9 Å². The molecule has 17 heavy (non-hydrogen) atoms. The van der Waals surface area contributed by atoms with Crippen molar-refractivity contribution < 1.29 is 0 Å². The van der Waals surface area contributed by atoms with Crippen LogP contribution in [0.4, 0.5) is 0 Å². The fraction of sp³-hybridized carbons (Fsp3) is 0.786. The summed E-state index contributed by atoms with van der Waals surface area (Å²) in [4.78, 5) is 5.79. The molecular weight excluding hydrogens is 228 g/mol. The number of aryl methyl sites for hydroxylation is 1. The molecule has 2 nitrogen and oxygen atoms in total. The molecule has 0 saturated carbocycles. The van der Waals surface area contributed by atoms with Crippen molar-refractivity contribution in [3.63, 3.8) is 0 Å². The van der Waals surface area contributed by atoms with Crippen LogP contribution in [0.3, 0.4) is 0 Å². The molecule has 3 heteroatoms. The van der Waals surface area contributed by atoms with Gasteiger partial charge in [0.2, 0.25) is 0 Å². The highest BCUT2D eigenvalue weighted by molar-refractivity contribution is 7.11. The van der Waals surface area contributed by atoms with E-state index in [1.54, 1.807) is 0 Å². The summed E-state index contributed by atoms with van der Waals surface area (Å²) in [5.41, 5.74) is 0.392. The predicted molar refractivity (Wildman–Crippen MR) is 76.7 cm³/mol. The smallest absolute Gasteiger partial charge is 0.0896 e. The zero-order valence-corrected chi connectivity index (χ0v) is 12.7. The normalized spacial score (nSPS) is 12.4. The van der Waals surface area contributed by atoms with Gasteiger partial charge in [0.05, 0.1) is 5.01 Å². The minimum Gasteiger partial charge on any atom is -0.314 e. The maximum Gasteiger partial charge on any atom is 0.0896 e. The van der Waals surface area contributed by atoms with Gasteiger partial charge in [0.25, 0.3) is 0 Å². The summed E-state index contributed by atoms with van der Waals surface area (Å²) in [7, 11) is 0. The number of aromatic nitrogens is 1. The molecule has 1 heterocycles. The first-order valence-electron chi connectivity index (χ1n) is 6.66. The number of hydrogen-bond acceptors (Lipinski definition) is 3. The molecule has 0 bridgehead atoms. The molecule has 0 atom stereocenters. The third-order valence-electron chi connectivity index (χ3n) is 3.60. The van der Waals surface area contributed by atoms with Crippen molar-refractivity contribution in [3.05, 3.63) is 16.1 Å². The largest absolute Gasteiger partial charge is 0.314 e. The molecule has 0 saturated heterocycles. The molecule has 1 aromatic heterocycles. The van der Waals surface area contributed by atoms with Gasteiger partial charge in [-0.3, -0.25) is 0 Å². The van der Waals surface area contributed by atoms with Gasteiger partial charge in [0, 0.05) is 23.7 Å². The highest BCUT2D eigenvalue weighted by Crippen LogP contribution is 2.32. The van der Waals surface area contributed by atoms with Crippen molar-refractivity contribution in [2.75, 3.05) is 6.54 Å². The molecular formula is C14H26N2S. The third-order valence-corrected chi connectivity index (χ3v) is 4.52. The molecule has 1 aromatic rings. The van der Waals surface area contributed by atoms with Gasteiger partial charge in [-0.1, -0.05) is 27.7 Å². The average Bonchev–Trinajstić information content (AvgIpc) is 2.70. The van der Waals surface area contributed by atoms with Gasteiger partial charge >= 0.3 is 0 Å². The lowest BCUT2D eigenvalue weighted by atomic mass is 9.78. The second-order valence-corrected chi connectivity index (χ2v) is 6.58. The maximum absolute atomic E-state index is 4.36. The van der Waals surface area contributed by atoms with Gasteiger partial charge in [-0.15, -0.1) is 11.3 Å². The standard InChI is InChI=1S/C14H26N2S/c1-6-14(7-2,10-16-11(3)4)8-13-9-15-12(5)17-13/h9,11,16H,6-8,10H2,1-5H3. The summed E-state index contributed by atoms with van der Waals surface area (Å²) < 4.78 is 0. The Morgan fingerprint density at radius 3 is 2.41 bits per heavy atom. The first-order valence-corrected chi connectivity index (χ1v) is 7.47. The van der Waals surface area contributed by atoms with Gasteiger partial charge in [-0.2, -0.15) is 0 Å². The Hall–Kier alpha value is -0.410. The van der Waals surface area contributed by atoms with E-state index < -0.39 is 0 Å². The minimum atomic E-state index is 0.392. The van der Waals surface area contributed by atoms with Crippen LogP contribution in [-0.4, -0.2) is 17.6 Å². The Morgan fingerprint density at radius 1 is 1.35 bits per heavy atom. The summed E-state index contributed by atoms with van der Waals surface area (Å²) in [6.45, 7) is 12.2. The maximum atomic E-state index is 4.36. The zero-order chi connectivity index (χ0) is 12.9. The summed E-state index contributed by atoms with van der Waals surface area (Å²) >= 11 is 1.84. The van der Waals surface area contributed by atoms with E-state index in [0.717, 1.165) is 13.0 Å². The second-order valence-electron chi connectivity index (χ2n) is 5.27. The third kappa shape index (κ3) is 4.40. The number of nitrogens with zero attached hydrogens (tertiary/aromatic N) is 1. The van der Waals surface area contributed by atoms with Crippen LogP contribution >= 0.6 is 11.3 Å². The second kappa shape index (κ2) is 6.50. The van der Waals surface area contributed by atoms with Gasteiger partial charge < -0.3 is 5.32 Å². The molecule has 0 unspecified atom stereocenters. The SMILES string of the molecule is CCC(CC)(CNC(C)C)Cc1cnc(C)s1. The summed E-state index contributed by atoms with van der Waals surface area (Å²) in [6, 6.07) is 0.565. The van der Waals surface area contributed by atoms with E-state index in [1.807, 2.05) is 11.3 Å². The first kappa shape index (κ1) is 14.7. The number of rotatable bonds is 7. The molecule has 0 amide bonds. The van der Waals surface area contributed by atoms with Crippen molar-refractivity contribution in [2.45, 2.75) is 59.9 Å². The Labute approximate surface area is 110 Å². The number of thiazole rings is 1. The Balaban J connectivity index is 2.69. The lowest BCUT2D eigenvalue weighted by Gasteiger charge is -2.32. The molecule has 0 aliphatic rings. The fourth-order valence-corrected chi connectivity index (χ4v) is 3.06. The summed E-state index contributed by atoms with van der Waals surface area (Å²) in [5, 5.41) is 4.78. The van der Waals surface area contributed by atoms with Crippen LogP contribution in [-0.2, 0) is 6.42 Å². The minimum absolute atomic E-state index is 0.392. The summed E-state index contributed by atoms with van der Waals surface area (Å²) in [5.74, 6) is 0. The van der Waals surface area contributed by atoms with Crippen LogP contribution in [0, 0.1) is 12.3 Å². The van der Waals surface area contributed by atoms with E-state index >= 15 is 0 Å². The monoisotopic (exact) mass is 254 g/mol. The molecule has 0 fully saturated rings. The Bertz CT molecular complexity index is 327. The lowest BCUT2D eigenvalue weighted by Crippen LogP contribution is -2.38. The van der Waals surface area contributed by atoms with Crippen molar-refractivity contribution in [3.8, 4) is 0 Å². The highest BCUT2D eigenvalue weighted by atomic mass is 32.1. The van der Waals surface area contributed by atoms with E-state index in [4.69, 9.17) is 0 Å². The van der Waals surface area contributed by atoms with E-state index in [1.165, 1.54) is 22.7 Å². The van der Waals surface area contributed by atoms with Gasteiger partial charge in [-0.05, 0) is 31.6 Å². The molecule has 0 radical (unpaired) electrons. The molecule has 1 N–H and O–H groups in total. The van der Waals surface area contributed by atoms with Crippen LogP contribution in [0.15, 0.2) is 6.20 Å². The van der Waals surface area contributed by atoms with Gasteiger partial charge in [0.1, 0.15) is 0 Å². The molecule has 1 rings (SSSR count). The van der Waals surface area contributed by atoms with Crippen LogP contribution in [0.1, 0.15) is 50.4 Å². The van der Waals surface area contributed by atoms with Crippen molar-refractivity contribution >= 4 is 11.3 Å². The summed E-state index contributed by atoms with van der Waals surface area (Å²) in [6.07, 6.45) is 5.65. The van der Waals surface area contributed by atoms with Gasteiger partial charge in [0.15, 0.2) is 0 Å². The average molecular weight is 254 g/mol. The van der Waals surface area contributed by atoms with Crippen molar-refractivity contribution in [1.29, 1.82) is 0 Å². The van der Waals surface area contributed by atoms with Gasteiger partial charge in [-0.25, -0.2) is 4.98 Å². The Morgan fingerprint density at radius 2 is 2.00 bits per heavy atom. The molecule has 0 aliphatic heterocycles. The van der Waals surface area contributed by atoms with Crippen LogP contribution < -0.4 is 5.32 Å². The lowest BCUT2D eigenvalue weighted by molar-refractivity contribution is 0.241. The van der Waals surface area contributed by atoms with E-state index in [0.29, 0.717) is 11.5 Å². The number of hydrogen-bond donors (Lipinski definition) is 1. The fourth-order valence-electron chi connectivity index (χ4n) is 2.09. The van der Waals surface area contributed by atoms with E-state index in [9.17, 15) is 0 Å². The molecule has 0 spiro atoms.